The van der Waals surface area contributed by atoms with E-state index in [1.807, 2.05) is 36.4 Å². The lowest BCUT2D eigenvalue weighted by molar-refractivity contribution is 0.890. The third kappa shape index (κ3) is 8.22. The van der Waals surface area contributed by atoms with Gasteiger partial charge in [0.25, 0.3) is 5.96 Å². The van der Waals surface area contributed by atoms with Crippen molar-refractivity contribution in [3.8, 4) is 0 Å². The minimum atomic E-state index is 0.216. The maximum atomic E-state index is 5.99. The van der Waals surface area contributed by atoms with Crippen LogP contribution < -0.4 is 10.9 Å². The molecule has 0 aliphatic heterocycles. The predicted molar refractivity (Wildman–Crippen MR) is 131 cm³/mol. The van der Waals surface area contributed by atoms with Crippen LogP contribution >= 0.6 is 34.8 Å². The van der Waals surface area contributed by atoms with Gasteiger partial charge in [0, 0.05) is 15.1 Å². The Morgan fingerprint density at radius 3 is 1.74 bits per heavy atom. The first-order valence-corrected chi connectivity index (χ1v) is 10.2. The summed E-state index contributed by atoms with van der Waals surface area (Å²) in [6.45, 7) is 0. The van der Waals surface area contributed by atoms with Crippen LogP contribution in [0.2, 0.25) is 15.1 Å². The molecular weight excluding hydrogens is 455 g/mol. The molecule has 0 amide bonds. The largest absolute Gasteiger partial charge is 0.257 e. The minimum absolute atomic E-state index is 0.216. The molecule has 2 N–H and O–H groups in total. The fourth-order valence-corrected chi connectivity index (χ4v) is 2.69. The predicted octanol–water partition coefficient (Wildman–Crippen LogP) is 5.58. The van der Waals surface area contributed by atoms with Crippen LogP contribution in [0.3, 0.4) is 0 Å². The number of rotatable bonds is 6. The molecule has 3 aromatic carbocycles. The minimum Gasteiger partial charge on any atom is -0.244 e. The second-order valence-corrected chi connectivity index (χ2v) is 7.40. The van der Waals surface area contributed by atoms with E-state index in [4.69, 9.17) is 34.8 Å². The summed E-state index contributed by atoms with van der Waals surface area (Å²) in [7, 11) is 0. The first kappa shape index (κ1) is 22.5. The third-order valence-corrected chi connectivity index (χ3v) is 4.46. The lowest BCUT2D eigenvalue weighted by Crippen LogP contribution is -2.30. The summed E-state index contributed by atoms with van der Waals surface area (Å²) in [4.78, 5) is 0. The number of benzene rings is 3. The average molecular weight is 472 g/mol. The highest BCUT2D eigenvalue weighted by molar-refractivity contribution is 6.31. The lowest BCUT2D eigenvalue weighted by atomic mass is 10.2. The summed E-state index contributed by atoms with van der Waals surface area (Å²) in [6.07, 6.45) is 4.81. The zero-order chi connectivity index (χ0) is 21.9. The number of hydrogen-bond acceptors (Lipinski definition) is 4. The van der Waals surface area contributed by atoms with Gasteiger partial charge in [0.1, 0.15) is 0 Å². The molecule has 0 unspecified atom stereocenters. The first-order chi connectivity index (χ1) is 15.1. The van der Waals surface area contributed by atoms with E-state index in [9.17, 15) is 0 Å². The van der Waals surface area contributed by atoms with Gasteiger partial charge in [0.15, 0.2) is 0 Å². The van der Waals surface area contributed by atoms with Gasteiger partial charge in [-0.15, -0.1) is 5.10 Å². The van der Waals surface area contributed by atoms with Crippen LogP contribution in [0, 0.1) is 0 Å². The van der Waals surface area contributed by atoms with Gasteiger partial charge in [-0.05, 0) is 53.1 Å². The summed E-state index contributed by atoms with van der Waals surface area (Å²) < 4.78 is 0. The van der Waals surface area contributed by atoms with E-state index in [-0.39, 0.29) is 5.96 Å². The maximum Gasteiger partial charge on any atom is 0.257 e. The molecule has 0 saturated heterocycles. The van der Waals surface area contributed by atoms with Crippen LogP contribution in [0.4, 0.5) is 0 Å². The van der Waals surface area contributed by atoms with E-state index in [0.29, 0.717) is 15.1 Å². The SMILES string of the molecule is Clc1ccc(C=NN=C(NN=Cc2ccc(Cl)cc2)NN=Cc2cccc(Cl)c2)cc1. The Hall–Kier alpha value is -3.19. The fraction of sp³-hybridized carbons (Fsp3) is 0. The fourth-order valence-electron chi connectivity index (χ4n) is 2.24. The topological polar surface area (TPSA) is 73.5 Å². The summed E-state index contributed by atoms with van der Waals surface area (Å²) in [6, 6.07) is 21.7. The van der Waals surface area contributed by atoms with Gasteiger partial charge in [-0.2, -0.15) is 15.3 Å². The van der Waals surface area contributed by atoms with E-state index in [2.05, 4.69) is 31.3 Å². The van der Waals surface area contributed by atoms with Crippen molar-refractivity contribution in [2.45, 2.75) is 0 Å². The molecule has 0 heterocycles. The van der Waals surface area contributed by atoms with Crippen molar-refractivity contribution in [3.63, 3.8) is 0 Å². The van der Waals surface area contributed by atoms with Gasteiger partial charge in [-0.25, -0.2) is 10.9 Å². The molecule has 0 aromatic heterocycles. The smallest absolute Gasteiger partial charge is 0.244 e. The van der Waals surface area contributed by atoms with E-state index in [1.165, 1.54) is 0 Å². The Balaban J connectivity index is 1.70. The molecule has 0 radical (unpaired) electrons. The number of hydrogen-bond donors (Lipinski definition) is 2. The van der Waals surface area contributed by atoms with E-state index >= 15 is 0 Å². The number of nitrogens with one attached hydrogen (secondary N) is 2. The van der Waals surface area contributed by atoms with Gasteiger partial charge >= 0.3 is 0 Å². The third-order valence-electron chi connectivity index (χ3n) is 3.72. The van der Waals surface area contributed by atoms with Crippen LogP contribution in [-0.2, 0) is 0 Å². The number of guanidine groups is 1. The van der Waals surface area contributed by atoms with Crippen molar-refractivity contribution in [3.05, 3.63) is 105 Å². The molecule has 0 fully saturated rings. The van der Waals surface area contributed by atoms with Crippen molar-refractivity contribution in [2.24, 2.45) is 20.4 Å². The number of hydrazone groups is 2. The molecule has 0 atom stereocenters. The molecule has 0 aliphatic carbocycles. The first-order valence-electron chi connectivity index (χ1n) is 9.04. The highest BCUT2D eigenvalue weighted by atomic mass is 35.5. The van der Waals surface area contributed by atoms with Crippen molar-refractivity contribution < 1.29 is 0 Å². The average Bonchev–Trinajstić information content (AvgIpc) is 2.76. The van der Waals surface area contributed by atoms with Gasteiger partial charge in [0.05, 0.1) is 18.6 Å². The quantitative estimate of drug-likeness (QED) is 0.280. The lowest BCUT2D eigenvalue weighted by Gasteiger charge is -2.03. The Labute approximate surface area is 195 Å². The highest BCUT2D eigenvalue weighted by Crippen LogP contribution is 2.09. The molecule has 0 spiro atoms. The van der Waals surface area contributed by atoms with E-state index in [0.717, 1.165) is 16.7 Å². The second-order valence-electron chi connectivity index (χ2n) is 6.09. The molecule has 31 heavy (non-hydrogen) atoms. The molecule has 9 heteroatoms. The van der Waals surface area contributed by atoms with Crippen molar-refractivity contribution in [1.82, 2.24) is 10.9 Å². The molecule has 3 rings (SSSR count). The highest BCUT2D eigenvalue weighted by Gasteiger charge is 1.96. The monoisotopic (exact) mass is 470 g/mol. The molecule has 6 nitrogen and oxygen atoms in total. The normalized spacial score (nSPS) is 12.2. The number of halogens is 3. The number of nitrogens with zero attached hydrogens (tertiary/aromatic N) is 4. The van der Waals surface area contributed by atoms with Crippen LogP contribution in [0.25, 0.3) is 0 Å². The Kier molecular flexibility index (Phi) is 8.60. The van der Waals surface area contributed by atoms with Crippen molar-refractivity contribution >= 4 is 59.4 Å². The second kappa shape index (κ2) is 11.9. The standard InChI is InChI=1S/C22H17Cl3N6/c23-19-8-4-16(5-9-19)13-26-29-22(30-27-14-17-6-10-20(24)11-7-17)31-28-15-18-2-1-3-21(25)12-18/h1-15H,(H2,29,30,31). The van der Waals surface area contributed by atoms with Crippen LogP contribution in [0.1, 0.15) is 16.7 Å². The van der Waals surface area contributed by atoms with Crippen LogP contribution in [0.5, 0.6) is 0 Å². The molecule has 3 aromatic rings. The molecule has 0 saturated carbocycles. The summed E-state index contributed by atoms with van der Waals surface area (Å²) in [5, 5.41) is 18.4. The summed E-state index contributed by atoms with van der Waals surface area (Å²) in [5.41, 5.74) is 8.09. The molecule has 156 valence electrons. The molecule has 0 bridgehead atoms. The Morgan fingerprint density at radius 2 is 1.16 bits per heavy atom. The van der Waals surface area contributed by atoms with Crippen LogP contribution in [-0.4, -0.2) is 24.6 Å². The van der Waals surface area contributed by atoms with Gasteiger partial charge < -0.3 is 0 Å². The molecule has 0 aliphatic rings. The van der Waals surface area contributed by atoms with Crippen molar-refractivity contribution in [2.75, 3.05) is 0 Å². The Bertz CT molecular complexity index is 1110. The van der Waals surface area contributed by atoms with Gasteiger partial charge in [0.2, 0.25) is 0 Å². The summed E-state index contributed by atoms with van der Waals surface area (Å²) in [5.74, 6) is 0.216. The summed E-state index contributed by atoms with van der Waals surface area (Å²) >= 11 is 17.8. The van der Waals surface area contributed by atoms with Gasteiger partial charge in [-0.1, -0.05) is 71.2 Å². The van der Waals surface area contributed by atoms with Crippen LogP contribution in [0.15, 0.2) is 93.2 Å². The zero-order valence-corrected chi connectivity index (χ0v) is 18.4. The van der Waals surface area contributed by atoms with E-state index in [1.54, 1.807) is 55.0 Å². The van der Waals surface area contributed by atoms with E-state index < -0.39 is 0 Å². The Morgan fingerprint density at radius 1 is 0.613 bits per heavy atom. The van der Waals surface area contributed by atoms with Crippen molar-refractivity contribution in [1.29, 1.82) is 0 Å². The van der Waals surface area contributed by atoms with Gasteiger partial charge in [-0.3, -0.25) is 0 Å². The maximum absolute atomic E-state index is 5.99. The zero-order valence-electron chi connectivity index (χ0n) is 16.1. The molecular formula is C22H17Cl3N6.